The van der Waals surface area contributed by atoms with Gasteiger partial charge in [0, 0.05) is 27.5 Å². The van der Waals surface area contributed by atoms with E-state index in [1.807, 2.05) is 30.3 Å². The van der Waals surface area contributed by atoms with Gasteiger partial charge in [-0.3, -0.25) is 0 Å². The van der Waals surface area contributed by atoms with E-state index in [0.717, 1.165) is 55.4 Å². The fraction of sp³-hybridized carbons (Fsp3) is 0. The normalized spacial score (nSPS) is 11.7. The van der Waals surface area contributed by atoms with Crippen LogP contribution in [0.5, 0.6) is 0 Å². The number of aromatic nitrogens is 2. The second-order valence-corrected chi connectivity index (χ2v) is 15.2. The van der Waals surface area contributed by atoms with Gasteiger partial charge in [-0.05, 0) is 95.7 Å². The Balaban J connectivity index is 1.12. The molecule has 10 aromatic carbocycles. The van der Waals surface area contributed by atoms with Crippen LogP contribution in [0.25, 0.3) is 121 Å². The molecule has 59 heavy (non-hydrogen) atoms. The molecule has 2 heterocycles. The van der Waals surface area contributed by atoms with E-state index < -0.39 is 0 Å². The number of fused-ring (bicyclic) bond motifs is 8. The summed E-state index contributed by atoms with van der Waals surface area (Å²) in [5.41, 5.74) is 11.4. The Morgan fingerprint density at radius 2 is 0.881 bits per heavy atom. The zero-order valence-corrected chi connectivity index (χ0v) is 31.9. The quantitative estimate of drug-likeness (QED) is 0.130. The van der Waals surface area contributed by atoms with Gasteiger partial charge in [0.25, 0.3) is 0 Å². The molecule has 12 rings (SSSR count). The third-order valence-electron chi connectivity index (χ3n) is 11.9. The lowest BCUT2D eigenvalue weighted by atomic mass is 9.82. The summed E-state index contributed by atoms with van der Waals surface area (Å²) >= 11 is 0. The Bertz CT molecular complexity index is 3610. The largest absolute Gasteiger partial charge is 0.456 e. The van der Waals surface area contributed by atoms with Crippen LogP contribution in [0, 0.1) is 0 Å². The highest BCUT2D eigenvalue weighted by molar-refractivity contribution is 6.29. The first-order chi connectivity index (χ1) is 29.3. The molecule has 0 saturated carbocycles. The van der Waals surface area contributed by atoms with Crippen molar-refractivity contribution >= 4 is 65.0 Å². The number of para-hydroxylation sites is 1. The van der Waals surface area contributed by atoms with E-state index in [2.05, 4.69) is 176 Å². The minimum atomic E-state index is 0.684. The monoisotopic (exact) mass is 750 g/mol. The summed E-state index contributed by atoms with van der Waals surface area (Å²) in [6.07, 6.45) is 0. The molecule has 0 fully saturated rings. The first-order valence-electron chi connectivity index (χ1n) is 20.1. The first-order valence-corrected chi connectivity index (χ1v) is 20.1. The Hall–Kier alpha value is -7.88. The SMILES string of the molecule is c1ccc(-c2nc(-c3ccc4oc5ccccc5c4c3)cc(-c3ccc(-c4c5ccccc5c(-c5ccccc5)c5c4ccc4ccccc45)c4ccccc34)n2)cc1. The summed E-state index contributed by atoms with van der Waals surface area (Å²) in [4.78, 5) is 10.5. The van der Waals surface area contributed by atoms with Crippen molar-refractivity contribution in [3.8, 4) is 56.2 Å². The molecule has 0 bridgehead atoms. The van der Waals surface area contributed by atoms with Gasteiger partial charge in [0.2, 0.25) is 0 Å². The van der Waals surface area contributed by atoms with Crippen molar-refractivity contribution in [2.24, 2.45) is 0 Å². The second kappa shape index (κ2) is 13.4. The van der Waals surface area contributed by atoms with Crippen molar-refractivity contribution in [2.75, 3.05) is 0 Å². The van der Waals surface area contributed by atoms with Crippen LogP contribution < -0.4 is 0 Å². The molecular formula is C56H34N2O. The van der Waals surface area contributed by atoms with Crippen LogP contribution in [0.15, 0.2) is 211 Å². The predicted molar refractivity (Wildman–Crippen MR) is 247 cm³/mol. The Labute approximate surface area is 340 Å². The fourth-order valence-corrected chi connectivity index (χ4v) is 9.22. The van der Waals surface area contributed by atoms with E-state index in [1.165, 1.54) is 60.0 Å². The van der Waals surface area contributed by atoms with Crippen LogP contribution in [0.3, 0.4) is 0 Å². The number of nitrogens with zero attached hydrogens (tertiary/aromatic N) is 2. The maximum absolute atomic E-state index is 6.20. The van der Waals surface area contributed by atoms with Gasteiger partial charge < -0.3 is 4.42 Å². The molecule has 0 radical (unpaired) electrons. The summed E-state index contributed by atoms with van der Waals surface area (Å²) in [6, 6.07) is 73.5. The number of hydrogen-bond acceptors (Lipinski definition) is 3. The molecule has 12 aromatic rings. The average molecular weight is 751 g/mol. The zero-order valence-electron chi connectivity index (χ0n) is 31.9. The zero-order chi connectivity index (χ0) is 38.9. The lowest BCUT2D eigenvalue weighted by Crippen LogP contribution is -1.97. The molecule has 0 saturated heterocycles. The molecule has 0 N–H and O–H groups in total. The van der Waals surface area contributed by atoms with E-state index in [4.69, 9.17) is 14.4 Å². The van der Waals surface area contributed by atoms with Gasteiger partial charge in [-0.1, -0.05) is 176 Å². The second-order valence-electron chi connectivity index (χ2n) is 15.2. The molecule has 0 aliphatic heterocycles. The summed E-state index contributed by atoms with van der Waals surface area (Å²) in [5.74, 6) is 0.684. The number of benzene rings is 10. The topological polar surface area (TPSA) is 38.9 Å². The number of rotatable bonds is 5. The van der Waals surface area contributed by atoms with Crippen LogP contribution in [0.1, 0.15) is 0 Å². The van der Waals surface area contributed by atoms with Crippen LogP contribution in [0.2, 0.25) is 0 Å². The predicted octanol–water partition coefficient (Wildman–Crippen LogP) is 15.3. The van der Waals surface area contributed by atoms with Crippen LogP contribution in [0.4, 0.5) is 0 Å². The van der Waals surface area contributed by atoms with Gasteiger partial charge in [0.05, 0.1) is 11.4 Å². The highest BCUT2D eigenvalue weighted by Gasteiger charge is 2.21. The number of furan rings is 1. The van der Waals surface area contributed by atoms with E-state index in [0.29, 0.717) is 5.82 Å². The van der Waals surface area contributed by atoms with Gasteiger partial charge in [-0.15, -0.1) is 0 Å². The van der Waals surface area contributed by atoms with E-state index in [-0.39, 0.29) is 0 Å². The van der Waals surface area contributed by atoms with E-state index in [1.54, 1.807) is 0 Å². The van der Waals surface area contributed by atoms with Crippen LogP contribution in [-0.4, -0.2) is 9.97 Å². The van der Waals surface area contributed by atoms with Crippen LogP contribution >= 0.6 is 0 Å². The van der Waals surface area contributed by atoms with Crippen molar-refractivity contribution in [1.29, 1.82) is 0 Å². The minimum absolute atomic E-state index is 0.684. The summed E-state index contributed by atoms with van der Waals surface area (Å²) in [7, 11) is 0. The third-order valence-corrected chi connectivity index (χ3v) is 11.9. The summed E-state index contributed by atoms with van der Waals surface area (Å²) < 4.78 is 6.20. The Morgan fingerprint density at radius 1 is 0.305 bits per heavy atom. The maximum Gasteiger partial charge on any atom is 0.160 e. The molecule has 0 atom stereocenters. The van der Waals surface area contributed by atoms with Gasteiger partial charge >= 0.3 is 0 Å². The maximum atomic E-state index is 6.20. The smallest absolute Gasteiger partial charge is 0.160 e. The standard InChI is InChI=1S/C56H34N2O/c1-3-16-36(17-4-1)53-44-24-11-12-25-45(44)54(47-29-27-35-15-7-8-20-39(35)55(47)53)46-31-30-42(40-21-9-10-22-41(40)46)50-34-49(57-56(58-50)37-18-5-2-6-19-37)38-28-32-52-48(33-38)43-23-13-14-26-51(43)59-52/h1-34H. The molecular weight excluding hydrogens is 717 g/mol. The minimum Gasteiger partial charge on any atom is -0.456 e. The number of hydrogen-bond donors (Lipinski definition) is 0. The first kappa shape index (κ1) is 33.3. The average Bonchev–Trinajstić information content (AvgIpc) is 3.69. The molecule has 2 aromatic heterocycles. The molecule has 0 unspecified atom stereocenters. The summed E-state index contributed by atoms with van der Waals surface area (Å²) in [5, 5.41) is 11.9. The Morgan fingerprint density at radius 3 is 1.66 bits per heavy atom. The van der Waals surface area contributed by atoms with Gasteiger partial charge in [0.1, 0.15) is 11.2 Å². The molecule has 0 aliphatic carbocycles. The van der Waals surface area contributed by atoms with Crippen molar-refractivity contribution in [3.63, 3.8) is 0 Å². The molecule has 0 spiro atoms. The molecule has 0 amide bonds. The highest BCUT2D eigenvalue weighted by Crippen LogP contribution is 2.48. The lowest BCUT2D eigenvalue weighted by molar-refractivity contribution is 0.669. The van der Waals surface area contributed by atoms with Gasteiger partial charge in [-0.2, -0.15) is 0 Å². The Kier molecular flexibility index (Phi) is 7.54. The highest BCUT2D eigenvalue weighted by atomic mass is 16.3. The van der Waals surface area contributed by atoms with Crippen molar-refractivity contribution in [2.45, 2.75) is 0 Å². The van der Waals surface area contributed by atoms with E-state index >= 15 is 0 Å². The lowest BCUT2D eigenvalue weighted by Gasteiger charge is -2.21. The molecule has 3 heteroatoms. The molecule has 274 valence electrons. The summed E-state index contributed by atoms with van der Waals surface area (Å²) in [6.45, 7) is 0. The third kappa shape index (κ3) is 5.36. The van der Waals surface area contributed by atoms with E-state index in [9.17, 15) is 0 Å². The fourth-order valence-electron chi connectivity index (χ4n) is 9.22. The van der Waals surface area contributed by atoms with Crippen LogP contribution in [-0.2, 0) is 0 Å². The van der Waals surface area contributed by atoms with Crippen molar-refractivity contribution < 1.29 is 4.42 Å². The molecule has 3 nitrogen and oxygen atoms in total. The van der Waals surface area contributed by atoms with Crippen molar-refractivity contribution in [3.05, 3.63) is 206 Å². The van der Waals surface area contributed by atoms with Crippen molar-refractivity contribution in [1.82, 2.24) is 9.97 Å². The van der Waals surface area contributed by atoms with Gasteiger partial charge in [-0.25, -0.2) is 9.97 Å². The molecule has 0 aliphatic rings. The van der Waals surface area contributed by atoms with Gasteiger partial charge in [0.15, 0.2) is 5.82 Å².